The highest BCUT2D eigenvalue weighted by atomic mass is 32.2. The summed E-state index contributed by atoms with van der Waals surface area (Å²) in [4.78, 5) is 11.4. The van der Waals surface area contributed by atoms with Gasteiger partial charge in [-0.2, -0.15) is 13.2 Å². The molecule has 3 unspecified atom stereocenters. The van der Waals surface area contributed by atoms with E-state index < -0.39 is 29.0 Å². The van der Waals surface area contributed by atoms with Crippen molar-refractivity contribution >= 4 is 17.7 Å². The standard InChI is InChI=1S/C27H26F3NO2S/c28-27(29,30)25(33)31-22-16-17-24(23(32)18-22)34-26(19-10-4-1-5-11-19,20-12-6-2-7-13-20)21-14-8-3-9-15-21/h1-15,22-24,32H,16-18H2,(H,31,33). The van der Waals surface area contributed by atoms with Crippen LogP contribution >= 0.6 is 11.8 Å². The van der Waals surface area contributed by atoms with Crippen LogP contribution in [0.2, 0.25) is 0 Å². The smallest absolute Gasteiger partial charge is 0.392 e. The molecular formula is C27H26F3NO2S. The number of benzene rings is 3. The largest absolute Gasteiger partial charge is 0.471 e. The van der Waals surface area contributed by atoms with E-state index in [1.54, 1.807) is 11.8 Å². The summed E-state index contributed by atoms with van der Waals surface area (Å²) in [5.74, 6) is -1.96. The average molecular weight is 486 g/mol. The summed E-state index contributed by atoms with van der Waals surface area (Å²) in [6, 6.07) is 29.4. The summed E-state index contributed by atoms with van der Waals surface area (Å²) in [5.41, 5.74) is 3.16. The fourth-order valence-electron chi connectivity index (χ4n) is 4.60. The van der Waals surface area contributed by atoms with Gasteiger partial charge < -0.3 is 10.4 Å². The van der Waals surface area contributed by atoms with Gasteiger partial charge in [0.25, 0.3) is 0 Å². The van der Waals surface area contributed by atoms with Gasteiger partial charge in [-0.15, -0.1) is 11.8 Å². The number of halogens is 3. The van der Waals surface area contributed by atoms with Crippen molar-refractivity contribution in [2.75, 3.05) is 0 Å². The third kappa shape index (κ3) is 5.15. The van der Waals surface area contributed by atoms with Crippen molar-refractivity contribution < 1.29 is 23.1 Å². The molecule has 3 aromatic carbocycles. The minimum atomic E-state index is -4.93. The minimum absolute atomic E-state index is 0.0773. The Morgan fingerprint density at radius 1 is 0.794 bits per heavy atom. The van der Waals surface area contributed by atoms with Crippen LogP contribution in [0.4, 0.5) is 13.2 Å². The second kappa shape index (κ2) is 10.2. The lowest BCUT2D eigenvalue weighted by Crippen LogP contribution is -2.48. The summed E-state index contributed by atoms with van der Waals surface area (Å²) < 4.78 is 37.4. The number of carbonyl (C=O) groups excluding carboxylic acids is 1. The highest BCUT2D eigenvalue weighted by Gasteiger charge is 2.44. The summed E-state index contributed by atoms with van der Waals surface area (Å²) in [6.45, 7) is 0. The SMILES string of the molecule is O=C(NC1CCC(SC(c2ccccc2)(c2ccccc2)c2ccccc2)C(O)C1)C(F)(F)F. The maximum Gasteiger partial charge on any atom is 0.471 e. The van der Waals surface area contributed by atoms with E-state index in [9.17, 15) is 23.1 Å². The number of hydrogen-bond donors (Lipinski definition) is 2. The van der Waals surface area contributed by atoms with Gasteiger partial charge in [0.1, 0.15) is 0 Å². The second-order valence-corrected chi connectivity index (χ2v) is 9.94. The Morgan fingerprint density at radius 2 is 1.24 bits per heavy atom. The second-order valence-electron chi connectivity index (χ2n) is 8.48. The molecule has 3 atom stereocenters. The Balaban J connectivity index is 1.68. The number of hydrogen-bond acceptors (Lipinski definition) is 3. The summed E-state index contributed by atoms with van der Waals surface area (Å²) >= 11 is 1.62. The number of nitrogens with one attached hydrogen (secondary N) is 1. The number of aliphatic hydroxyl groups is 1. The van der Waals surface area contributed by atoms with Gasteiger partial charge >= 0.3 is 12.1 Å². The molecule has 34 heavy (non-hydrogen) atoms. The van der Waals surface area contributed by atoms with E-state index >= 15 is 0 Å². The molecule has 0 saturated heterocycles. The van der Waals surface area contributed by atoms with Crippen molar-refractivity contribution in [2.24, 2.45) is 0 Å². The molecule has 0 bridgehead atoms. The van der Waals surface area contributed by atoms with Gasteiger partial charge in [-0.1, -0.05) is 91.0 Å². The summed E-state index contributed by atoms with van der Waals surface area (Å²) in [5, 5.41) is 12.8. The molecule has 7 heteroatoms. The number of thioether (sulfide) groups is 1. The number of rotatable bonds is 6. The molecule has 4 rings (SSSR count). The van der Waals surface area contributed by atoms with Crippen LogP contribution in [-0.4, -0.2) is 34.6 Å². The predicted molar refractivity (Wildman–Crippen MR) is 128 cm³/mol. The molecule has 1 aliphatic carbocycles. The van der Waals surface area contributed by atoms with E-state index in [0.717, 1.165) is 16.7 Å². The van der Waals surface area contributed by atoms with Crippen LogP contribution in [0.1, 0.15) is 36.0 Å². The zero-order valence-corrected chi connectivity index (χ0v) is 19.2. The van der Waals surface area contributed by atoms with Gasteiger partial charge in [0.05, 0.1) is 10.9 Å². The van der Waals surface area contributed by atoms with Crippen molar-refractivity contribution in [3.63, 3.8) is 0 Å². The first kappa shape index (κ1) is 24.4. The number of alkyl halides is 3. The molecule has 3 nitrogen and oxygen atoms in total. The number of carbonyl (C=O) groups is 1. The molecule has 0 spiro atoms. The van der Waals surface area contributed by atoms with E-state index in [0.29, 0.717) is 12.8 Å². The highest BCUT2D eigenvalue weighted by molar-refractivity contribution is 8.01. The molecule has 0 aliphatic heterocycles. The van der Waals surface area contributed by atoms with Gasteiger partial charge in [-0.25, -0.2) is 0 Å². The van der Waals surface area contributed by atoms with E-state index in [2.05, 4.69) is 36.4 Å². The highest BCUT2D eigenvalue weighted by Crippen LogP contribution is 2.52. The van der Waals surface area contributed by atoms with Crippen molar-refractivity contribution in [1.29, 1.82) is 0 Å². The molecule has 0 heterocycles. The van der Waals surface area contributed by atoms with Gasteiger partial charge in [0, 0.05) is 11.3 Å². The molecule has 1 fully saturated rings. The molecule has 3 aromatic rings. The molecule has 0 radical (unpaired) electrons. The zero-order valence-electron chi connectivity index (χ0n) is 18.4. The third-order valence-corrected chi connectivity index (χ3v) is 8.13. The Labute approximate surface area is 201 Å². The predicted octanol–water partition coefficient (Wildman–Crippen LogP) is 5.67. The van der Waals surface area contributed by atoms with Crippen LogP contribution in [0.15, 0.2) is 91.0 Å². The van der Waals surface area contributed by atoms with Gasteiger partial charge in [-0.05, 0) is 36.0 Å². The Kier molecular flexibility index (Phi) is 7.33. The van der Waals surface area contributed by atoms with Crippen molar-refractivity contribution in [1.82, 2.24) is 5.32 Å². The minimum Gasteiger partial charge on any atom is -0.392 e. The normalized spacial score (nSPS) is 21.1. The lowest BCUT2D eigenvalue weighted by Gasteiger charge is -2.42. The van der Waals surface area contributed by atoms with Crippen molar-refractivity contribution in [3.8, 4) is 0 Å². The van der Waals surface area contributed by atoms with E-state index in [1.165, 1.54) is 0 Å². The molecule has 2 N–H and O–H groups in total. The Morgan fingerprint density at radius 3 is 1.62 bits per heavy atom. The first-order valence-corrected chi connectivity index (χ1v) is 12.1. The van der Waals surface area contributed by atoms with Crippen molar-refractivity contribution in [3.05, 3.63) is 108 Å². The fraction of sp³-hybridized carbons (Fsp3) is 0.296. The Bertz CT molecular complexity index is 981. The molecule has 1 amide bonds. The Hall–Kier alpha value is -2.77. The van der Waals surface area contributed by atoms with E-state index in [1.807, 2.05) is 59.9 Å². The monoisotopic (exact) mass is 485 g/mol. The van der Waals surface area contributed by atoms with Crippen LogP contribution in [-0.2, 0) is 9.54 Å². The molecule has 0 aromatic heterocycles. The first-order chi connectivity index (χ1) is 16.3. The first-order valence-electron chi connectivity index (χ1n) is 11.2. The maximum absolute atomic E-state index is 12.7. The lowest BCUT2D eigenvalue weighted by atomic mass is 9.84. The van der Waals surface area contributed by atoms with Crippen LogP contribution in [0.25, 0.3) is 0 Å². The van der Waals surface area contributed by atoms with Gasteiger partial charge in [-0.3, -0.25) is 4.79 Å². The van der Waals surface area contributed by atoms with Crippen LogP contribution < -0.4 is 5.32 Å². The third-order valence-electron chi connectivity index (χ3n) is 6.22. The van der Waals surface area contributed by atoms with Crippen molar-refractivity contribution in [2.45, 2.75) is 47.6 Å². The molecule has 178 valence electrons. The molecule has 1 saturated carbocycles. The molecular weight excluding hydrogens is 459 g/mol. The number of aliphatic hydroxyl groups excluding tert-OH is 1. The van der Waals surface area contributed by atoms with E-state index in [4.69, 9.17) is 0 Å². The van der Waals surface area contributed by atoms with Crippen LogP contribution in [0.3, 0.4) is 0 Å². The van der Waals surface area contributed by atoms with Crippen LogP contribution in [0.5, 0.6) is 0 Å². The fourth-order valence-corrected chi connectivity index (χ4v) is 6.40. The lowest BCUT2D eigenvalue weighted by molar-refractivity contribution is -0.174. The van der Waals surface area contributed by atoms with Gasteiger partial charge in [0.2, 0.25) is 0 Å². The summed E-state index contributed by atoms with van der Waals surface area (Å²) in [7, 11) is 0. The quantitative estimate of drug-likeness (QED) is 0.442. The number of amides is 1. The maximum atomic E-state index is 12.7. The van der Waals surface area contributed by atoms with E-state index in [-0.39, 0.29) is 11.7 Å². The van der Waals surface area contributed by atoms with Gasteiger partial charge in [0.15, 0.2) is 0 Å². The molecule has 1 aliphatic rings. The summed E-state index contributed by atoms with van der Waals surface area (Å²) in [6.07, 6.45) is -4.88. The topological polar surface area (TPSA) is 49.3 Å². The van der Waals surface area contributed by atoms with Crippen LogP contribution in [0, 0.1) is 0 Å². The zero-order chi connectivity index (χ0) is 24.2. The average Bonchev–Trinajstić information content (AvgIpc) is 2.85.